The van der Waals surface area contributed by atoms with Crippen molar-refractivity contribution in [3.8, 4) is 0 Å². The molecule has 0 aliphatic heterocycles. The van der Waals surface area contributed by atoms with Crippen LogP contribution in [0.1, 0.15) is 46.0 Å². The van der Waals surface area contributed by atoms with E-state index in [1.807, 2.05) is 0 Å². The van der Waals surface area contributed by atoms with Gasteiger partial charge in [-0.3, -0.25) is 0 Å². The van der Waals surface area contributed by atoms with E-state index in [-0.39, 0.29) is 50.7 Å². The maximum absolute atomic E-state index is 3.48. The second-order valence-electron chi connectivity index (χ2n) is 3.11. The van der Waals surface area contributed by atoms with Crippen molar-refractivity contribution in [2.75, 3.05) is 5.33 Å². The number of hydrogen-bond donors (Lipinski definition) is 0. The summed E-state index contributed by atoms with van der Waals surface area (Å²) in [5, 5.41) is 1.17. The van der Waals surface area contributed by atoms with Crippen LogP contribution in [-0.4, -0.2) is 5.33 Å². The third-order valence-corrected chi connectivity index (χ3v) is 2.92. The topological polar surface area (TPSA) is 0 Å². The molecule has 13 heavy (non-hydrogen) atoms. The average molecular weight is 315 g/mol. The Morgan fingerprint density at radius 1 is 1.15 bits per heavy atom. The predicted molar refractivity (Wildman–Crippen MR) is 51.7 cm³/mol. The third-order valence-electron chi connectivity index (χ3n) is 1.81. The van der Waals surface area contributed by atoms with Gasteiger partial charge in [0.25, 0.3) is 0 Å². The van der Waals surface area contributed by atoms with Gasteiger partial charge < -0.3 is 12.4 Å². The van der Waals surface area contributed by atoms with Crippen molar-refractivity contribution in [2.45, 2.75) is 46.0 Å². The summed E-state index contributed by atoms with van der Waals surface area (Å²) >= 11 is 3.48. The number of unbranched alkanes of at least 4 members (excludes halogenated alkanes) is 3. The van der Waals surface area contributed by atoms with Gasteiger partial charge in [0.2, 0.25) is 0 Å². The van der Waals surface area contributed by atoms with Crippen LogP contribution in [0.4, 0.5) is 0 Å². The zero-order valence-corrected chi connectivity index (χ0v) is 14.6. The number of alkyl halides is 1. The van der Waals surface area contributed by atoms with Crippen LogP contribution < -0.4 is 31.3 Å². The van der Waals surface area contributed by atoms with Crippen LogP contribution in [-0.2, 0) is 19.5 Å². The van der Waals surface area contributed by atoms with Crippen LogP contribution >= 0.6 is 15.9 Å². The monoisotopic (exact) mass is 312 g/mol. The Morgan fingerprint density at radius 2 is 1.69 bits per heavy atom. The normalized spacial score (nSPS) is 10.4. The molecule has 0 heterocycles. The summed E-state index contributed by atoms with van der Waals surface area (Å²) in [7, 11) is 0. The SMILES string of the molecule is CCCCCCC(C)CBr.[Cl-].[Li+].[Zn]. The fourth-order valence-electron chi connectivity index (χ4n) is 0.997. The summed E-state index contributed by atoms with van der Waals surface area (Å²) in [6.45, 7) is 4.56. The molecule has 1 unspecified atom stereocenters. The molecule has 0 N–H and O–H groups in total. The number of rotatable bonds is 6. The molecule has 0 radical (unpaired) electrons. The number of halogens is 2. The molecule has 0 rings (SSSR count). The van der Waals surface area contributed by atoms with Crippen LogP contribution in [0.25, 0.3) is 0 Å². The van der Waals surface area contributed by atoms with Crippen LogP contribution in [0, 0.1) is 5.92 Å². The fourth-order valence-corrected chi connectivity index (χ4v) is 1.32. The fraction of sp³-hybridized carbons (Fsp3) is 1.00. The Kier molecular flexibility index (Phi) is 36.5. The molecule has 0 amide bonds. The van der Waals surface area contributed by atoms with Gasteiger partial charge in [-0.1, -0.05) is 55.5 Å². The summed E-state index contributed by atoms with van der Waals surface area (Å²) in [5.41, 5.74) is 0. The molecule has 0 spiro atoms. The molecule has 0 saturated carbocycles. The van der Waals surface area contributed by atoms with Gasteiger partial charge in [0, 0.05) is 24.8 Å². The zero-order valence-electron chi connectivity index (χ0n) is 9.28. The quantitative estimate of drug-likeness (QED) is 0.302. The van der Waals surface area contributed by atoms with Gasteiger partial charge in [0.1, 0.15) is 0 Å². The molecular formula is C9H19BrClLiZn. The van der Waals surface area contributed by atoms with Crippen LogP contribution in [0.5, 0.6) is 0 Å². The van der Waals surface area contributed by atoms with Gasteiger partial charge >= 0.3 is 18.9 Å². The summed E-state index contributed by atoms with van der Waals surface area (Å²) in [6, 6.07) is 0. The van der Waals surface area contributed by atoms with E-state index in [9.17, 15) is 0 Å². The van der Waals surface area contributed by atoms with E-state index < -0.39 is 0 Å². The van der Waals surface area contributed by atoms with E-state index in [1.165, 1.54) is 37.4 Å². The first kappa shape index (κ1) is 24.3. The molecule has 0 aromatic rings. The smallest absolute Gasteiger partial charge is 1.00 e. The Labute approximate surface area is 123 Å². The Bertz CT molecular complexity index is 76.6. The van der Waals surface area contributed by atoms with Crippen LogP contribution in [0.15, 0.2) is 0 Å². The molecule has 0 aromatic carbocycles. The zero-order chi connectivity index (χ0) is 7.82. The largest absolute Gasteiger partial charge is 1.00 e. The Hall–Kier alpha value is 1.99. The van der Waals surface area contributed by atoms with Gasteiger partial charge in [-0.2, -0.15) is 0 Å². The first-order valence-electron chi connectivity index (χ1n) is 4.37. The van der Waals surface area contributed by atoms with Crippen molar-refractivity contribution in [3.63, 3.8) is 0 Å². The van der Waals surface area contributed by atoms with Crippen molar-refractivity contribution >= 4 is 15.9 Å². The van der Waals surface area contributed by atoms with E-state index in [0.29, 0.717) is 0 Å². The molecule has 0 aliphatic rings. The van der Waals surface area contributed by atoms with Crippen molar-refractivity contribution in [1.82, 2.24) is 0 Å². The minimum Gasteiger partial charge on any atom is -1.00 e. The first-order chi connectivity index (χ1) is 4.81. The van der Waals surface area contributed by atoms with Crippen molar-refractivity contribution in [1.29, 1.82) is 0 Å². The molecule has 0 fully saturated rings. The predicted octanol–water partition coefficient (Wildman–Crippen LogP) is -2.01. The average Bonchev–Trinajstić information content (AvgIpc) is 1.98. The second-order valence-corrected chi connectivity index (χ2v) is 3.76. The van der Waals surface area contributed by atoms with Gasteiger partial charge in [-0.15, -0.1) is 0 Å². The maximum Gasteiger partial charge on any atom is 1.00 e. The van der Waals surface area contributed by atoms with Crippen LogP contribution in [0.3, 0.4) is 0 Å². The van der Waals surface area contributed by atoms with Crippen LogP contribution in [0.2, 0.25) is 0 Å². The molecule has 4 heteroatoms. The molecule has 0 aromatic heterocycles. The minimum atomic E-state index is 0. The molecule has 0 aliphatic carbocycles. The van der Waals surface area contributed by atoms with Gasteiger partial charge in [-0.05, 0) is 12.3 Å². The van der Waals surface area contributed by atoms with Gasteiger partial charge in [0.15, 0.2) is 0 Å². The van der Waals surface area contributed by atoms with Gasteiger partial charge in [-0.25, -0.2) is 0 Å². The summed E-state index contributed by atoms with van der Waals surface area (Å²) in [4.78, 5) is 0. The molecule has 72 valence electrons. The van der Waals surface area contributed by atoms with E-state index in [2.05, 4.69) is 29.8 Å². The summed E-state index contributed by atoms with van der Waals surface area (Å²) in [5.74, 6) is 0.872. The molecule has 0 nitrogen and oxygen atoms in total. The maximum atomic E-state index is 3.48. The van der Waals surface area contributed by atoms with Crippen molar-refractivity contribution in [3.05, 3.63) is 0 Å². The molecule has 0 saturated heterocycles. The van der Waals surface area contributed by atoms with Crippen molar-refractivity contribution in [2.24, 2.45) is 5.92 Å². The van der Waals surface area contributed by atoms with Crippen molar-refractivity contribution < 1.29 is 50.7 Å². The molecule has 1 atom stereocenters. The molecular weight excluding hydrogens is 296 g/mol. The third kappa shape index (κ3) is 20.2. The standard InChI is InChI=1S/C9H19Br.ClH.Li.Zn/c1-3-4-5-6-7-9(2)8-10;;;/h9H,3-8H2,1-2H3;1H;;/q;;+1;/p-1. The van der Waals surface area contributed by atoms with E-state index >= 15 is 0 Å². The van der Waals surface area contributed by atoms with E-state index in [1.54, 1.807) is 0 Å². The summed E-state index contributed by atoms with van der Waals surface area (Å²) in [6.07, 6.45) is 7.00. The van der Waals surface area contributed by atoms with E-state index in [4.69, 9.17) is 0 Å². The minimum absolute atomic E-state index is 0. The molecule has 0 bridgehead atoms. The Morgan fingerprint density at radius 3 is 2.08 bits per heavy atom. The summed E-state index contributed by atoms with van der Waals surface area (Å²) < 4.78 is 0. The first-order valence-corrected chi connectivity index (χ1v) is 5.49. The number of hydrogen-bond acceptors (Lipinski definition) is 0. The van der Waals surface area contributed by atoms with E-state index in [0.717, 1.165) is 5.92 Å². The van der Waals surface area contributed by atoms with Gasteiger partial charge in [0.05, 0.1) is 0 Å². The Balaban J connectivity index is -0.000000135. The second kappa shape index (κ2) is 19.5.